The van der Waals surface area contributed by atoms with Crippen LogP contribution in [0, 0.1) is 5.41 Å². The van der Waals surface area contributed by atoms with Gasteiger partial charge in [0.15, 0.2) is 0 Å². The first-order valence-electron chi connectivity index (χ1n) is 11.7. The fraction of sp³-hybridized carbons (Fsp3) is 0.625. The van der Waals surface area contributed by atoms with E-state index in [1.807, 2.05) is 39.6 Å². The van der Waals surface area contributed by atoms with E-state index in [4.69, 9.17) is 4.74 Å². The minimum atomic E-state index is -0.148. The molecule has 0 unspecified atom stereocenters. The lowest BCUT2D eigenvalue weighted by Crippen LogP contribution is -2.45. The second-order valence-corrected chi connectivity index (χ2v) is 9.51. The molecule has 2 fully saturated rings. The number of carbonyl (C=O) groups is 3. The minimum absolute atomic E-state index is 0.00414. The first kappa shape index (κ1) is 24.3. The van der Waals surface area contributed by atoms with Gasteiger partial charge < -0.3 is 19.9 Å². The largest absolute Gasteiger partial charge is 0.466 e. The van der Waals surface area contributed by atoms with Crippen LogP contribution >= 0.6 is 11.3 Å². The van der Waals surface area contributed by atoms with Gasteiger partial charge in [-0.15, -0.1) is 0 Å². The number of thiophene rings is 1. The highest BCUT2D eigenvalue weighted by atomic mass is 32.1. The number of likely N-dealkylation sites (tertiary alicyclic amines) is 2. The Bertz CT molecular complexity index is 785. The molecule has 1 spiro atoms. The van der Waals surface area contributed by atoms with Gasteiger partial charge >= 0.3 is 12.0 Å². The van der Waals surface area contributed by atoms with Crippen LogP contribution in [-0.2, 0) is 14.3 Å². The number of carbonyl (C=O) groups excluding carboxylic acids is 3. The molecule has 2 aliphatic heterocycles. The van der Waals surface area contributed by atoms with Crippen molar-refractivity contribution in [2.75, 3.05) is 39.3 Å². The lowest BCUT2D eigenvalue weighted by atomic mass is 9.78. The molecule has 0 saturated carbocycles. The average Bonchev–Trinajstić information content (AvgIpc) is 3.46. The zero-order chi connectivity index (χ0) is 22.8. The van der Waals surface area contributed by atoms with Crippen LogP contribution in [0.3, 0.4) is 0 Å². The third-order valence-electron chi connectivity index (χ3n) is 6.46. The summed E-state index contributed by atoms with van der Waals surface area (Å²) in [7, 11) is 0. The molecule has 3 rings (SSSR count). The van der Waals surface area contributed by atoms with E-state index in [9.17, 15) is 14.4 Å². The molecule has 0 bridgehead atoms. The van der Waals surface area contributed by atoms with Crippen LogP contribution in [0.4, 0.5) is 4.79 Å². The minimum Gasteiger partial charge on any atom is -0.466 e. The zero-order valence-corrected chi connectivity index (χ0v) is 19.8. The van der Waals surface area contributed by atoms with Crippen LogP contribution < -0.4 is 5.32 Å². The Morgan fingerprint density at radius 3 is 2.56 bits per heavy atom. The summed E-state index contributed by atoms with van der Waals surface area (Å²) in [6.45, 7) is 5.92. The van der Waals surface area contributed by atoms with Gasteiger partial charge in [0.05, 0.1) is 6.61 Å². The first-order valence-corrected chi connectivity index (χ1v) is 12.6. The van der Waals surface area contributed by atoms with Crippen LogP contribution in [0.2, 0.25) is 0 Å². The quantitative estimate of drug-likeness (QED) is 0.344. The van der Waals surface area contributed by atoms with Gasteiger partial charge in [-0.2, -0.15) is 11.3 Å². The summed E-state index contributed by atoms with van der Waals surface area (Å²) in [5, 5.41) is 7.04. The van der Waals surface area contributed by atoms with Crippen molar-refractivity contribution in [3.05, 3.63) is 28.5 Å². The maximum Gasteiger partial charge on any atom is 0.317 e. The SMILES string of the molecule is CCOC(=O)CCCCCNC(=O)N1CCC2(CCN(C(=O)C=Cc3ccsc3)CC2)C1. The van der Waals surface area contributed by atoms with Gasteiger partial charge in [-0.05, 0) is 72.9 Å². The Labute approximate surface area is 194 Å². The molecule has 3 heterocycles. The highest BCUT2D eigenvalue weighted by Crippen LogP contribution is 2.40. The third kappa shape index (κ3) is 7.08. The Morgan fingerprint density at radius 1 is 1.12 bits per heavy atom. The fourth-order valence-electron chi connectivity index (χ4n) is 4.47. The number of hydrogen-bond donors (Lipinski definition) is 1. The summed E-state index contributed by atoms with van der Waals surface area (Å²) in [6.07, 6.45) is 9.44. The van der Waals surface area contributed by atoms with Gasteiger partial charge in [0.2, 0.25) is 5.91 Å². The number of rotatable bonds is 9. The van der Waals surface area contributed by atoms with Gasteiger partial charge in [0.1, 0.15) is 0 Å². The maximum atomic E-state index is 12.5. The molecular formula is C24H35N3O4S. The van der Waals surface area contributed by atoms with Crippen LogP contribution in [0.25, 0.3) is 6.08 Å². The number of amides is 3. The molecule has 0 aromatic carbocycles. The molecule has 8 heteroatoms. The van der Waals surface area contributed by atoms with E-state index >= 15 is 0 Å². The Balaban J connectivity index is 1.32. The van der Waals surface area contributed by atoms with E-state index in [2.05, 4.69) is 5.32 Å². The van der Waals surface area contributed by atoms with Crippen molar-refractivity contribution in [3.8, 4) is 0 Å². The molecular weight excluding hydrogens is 426 g/mol. The number of ether oxygens (including phenoxy) is 1. The lowest BCUT2D eigenvalue weighted by molar-refractivity contribution is -0.143. The van der Waals surface area contributed by atoms with Gasteiger partial charge in [-0.1, -0.05) is 6.42 Å². The topological polar surface area (TPSA) is 79.0 Å². The number of urea groups is 1. The Morgan fingerprint density at radius 2 is 1.88 bits per heavy atom. The smallest absolute Gasteiger partial charge is 0.317 e. The summed E-state index contributed by atoms with van der Waals surface area (Å²) in [6, 6.07) is 2.01. The van der Waals surface area contributed by atoms with E-state index in [1.54, 1.807) is 17.4 Å². The predicted octanol–water partition coefficient (Wildman–Crippen LogP) is 3.91. The maximum absolute atomic E-state index is 12.5. The summed E-state index contributed by atoms with van der Waals surface area (Å²) < 4.78 is 4.92. The first-order chi connectivity index (χ1) is 15.5. The van der Waals surface area contributed by atoms with Crippen molar-refractivity contribution in [1.29, 1.82) is 0 Å². The Kier molecular flexibility index (Phi) is 9.14. The molecule has 3 amide bonds. The van der Waals surface area contributed by atoms with E-state index in [-0.39, 0.29) is 23.3 Å². The van der Waals surface area contributed by atoms with Crippen LogP contribution in [0.5, 0.6) is 0 Å². The molecule has 7 nitrogen and oxygen atoms in total. The van der Waals surface area contributed by atoms with Gasteiger partial charge in [0.25, 0.3) is 0 Å². The zero-order valence-electron chi connectivity index (χ0n) is 19.0. The molecule has 0 aliphatic carbocycles. The molecule has 176 valence electrons. The third-order valence-corrected chi connectivity index (χ3v) is 7.16. The molecule has 1 aromatic rings. The van der Waals surface area contributed by atoms with Gasteiger partial charge in [-0.3, -0.25) is 9.59 Å². The van der Waals surface area contributed by atoms with Crippen LogP contribution in [0.1, 0.15) is 57.4 Å². The number of nitrogens with zero attached hydrogens (tertiary/aromatic N) is 2. The fourth-order valence-corrected chi connectivity index (χ4v) is 5.10. The summed E-state index contributed by atoms with van der Waals surface area (Å²) >= 11 is 1.62. The molecule has 1 aromatic heterocycles. The molecule has 2 aliphatic rings. The lowest BCUT2D eigenvalue weighted by Gasteiger charge is -2.38. The van der Waals surface area contributed by atoms with Gasteiger partial charge in [0, 0.05) is 45.2 Å². The molecule has 1 N–H and O–H groups in total. The average molecular weight is 462 g/mol. The summed E-state index contributed by atoms with van der Waals surface area (Å²) in [5.41, 5.74) is 1.21. The molecule has 0 radical (unpaired) electrons. The van der Waals surface area contributed by atoms with Crippen molar-refractivity contribution in [1.82, 2.24) is 15.1 Å². The highest BCUT2D eigenvalue weighted by Gasteiger charge is 2.42. The number of nitrogens with one attached hydrogen (secondary N) is 1. The number of hydrogen-bond acceptors (Lipinski definition) is 5. The van der Waals surface area contributed by atoms with Gasteiger partial charge in [-0.25, -0.2) is 4.79 Å². The summed E-state index contributed by atoms with van der Waals surface area (Å²) in [5.74, 6) is -0.0771. The van der Waals surface area contributed by atoms with Crippen molar-refractivity contribution >= 4 is 35.3 Å². The molecule has 32 heavy (non-hydrogen) atoms. The predicted molar refractivity (Wildman–Crippen MR) is 126 cm³/mol. The van der Waals surface area contributed by atoms with Crippen molar-refractivity contribution < 1.29 is 19.1 Å². The second-order valence-electron chi connectivity index (χ2n) is 8.73. The monoisotopic (exact) mass is 461 g/mol. The molecule has 2 saturated heterocycles. The van der Waals surface area contributed by atoms with Crippen LogP contribution in [0.15, 0.2) is 22.9 Å². The van der Waals surface area contributed by atoms with Crippen molar-refractivity contribution in [2.45, 2.75) is 51.9 Å². The summed E-state index contributed by atoms with van der Waals surface area (Å²) in [4.78, 5) is 40.2. The highest BCUT2D eigenvalue weighted by molar-refractivity contribution is 7.08. The number of esters is 1. The van der Waals surface area contributed by atoms with E-state index in [1.165, 1.54) is 0 Å². The Hall–Kier alpha value is -2.35. The normalized spacial score (nSPS) is 17.8. The van der Waals surface area contributed by atoms with E-state index < -0.39 is 0 Å². The second kappa shape index (κ2) is 12.0. The van der Waals surface area contributed by atoms with E-state index in [0.717, 1.165) is 70.3 Å². The standard InChI is InChI=1S/C24H35N3O4S/c1-2-31-22(29)6-4-3-5-13-25-23(30)27-16-12-24(19-27)10-14-26(15-11-24)21(28)8-7-20-9-17-32-18-20/h7-9,17-18H,2-6,10-16,19H2,1H3,(H,25,30). The van der Waals surface area contributed by atoms with Crippen LogP contribution in [-0.4, -0.2) is 67.0 Å². The number of piperidine rings is 1. The molecule has 0 atom stereocenters. The van der Waals surface area contributed by atoms with Crippen molar-refractivity contribution in [3.63, 3.8) is 0 Å². The van der Waals surface area contributed by atoms with Crippen molar-refractivity contribution in [2.24, 2.45) is 5.41 Å². The number of unbranched alkanes of at least 4 members (excludes halogenated alkanes) is 2. The van der Waals surface area contributed by atoms with E-state index in [0.29, 0.717) is 19.6 Å².